The average molecular weight is 707 g/mol. The van der Waals surface area contributed by atoms with Gasteiger partial charge in [-0.15, -0.1) is 0 Å². The second kappa shape index (κ2) is 14.9. The van der Waals surface area contributed by atoms with Gasteiger partial charge in [-0.25, -0.2) is 9.97 Å². The van der Waals surface area contributed by atoms with Crippen molar-refractivity contribution in [3.63, 3.8) is 0 Å². The summed E-state index contributed by atoms with van der Waals surface area (Å²) in [5, 5.41) is 0. The lowest BCUT2D eigenvalue weighted by Crippen LogP contribution is -1.94. The number of pyridine rings is 6. The van der Waals surface area contributed by atoms with E-state index in [0.717, 1.165) is 90.1 Å². The second-order valence-corrected chi connectivity index (χ2v) is 13.4. The first-order valence-electron chi connectivity index (χ1n) is 18.2. The zero-order valence-corrected chi connectivity index (χ0v) is 30.1. The summed E-state index contributed by atoms with van der Waals surface area (Å²) in [6.07, 6.45) is 7.18. The molecule has 0 saturated carbocycles. The molecule has 0 bridgehead atoms. The van der Waals surface area contributed by atoms with E-state index < -0.39 is 0 Å². The van der Waals surface area contributed by atoms with Crippen LogP contribution in [-0.4, -0.2) is 29.9 Å². The Bertz CT molecular complexity index is 2410. The van der Waals surface area contributed by atoms with Crippen LogP contribution in [0.4, 0.5) is 0 Å². The minimum atomic E-state index is 0.809. The smallest absolute Gasteiger partial charge is 0.0900 e. The van der Waals surface area contributed by atoms with Crippen molar-refractivity contribution in [2.45, 2.75) is 6.92 Å². The summed E-state index contributed by atoms with van der Waals surface area (Å²) in [7, 11) is 0. The lowest BCUT2D eigenvalue weighted by atomic mass is 9.94. The van der Waals surface area contributed by atoms with Crippen molar-refractivity contribution in [3.8, 4) is 90.1 Å². The fraction of sp³-hybridized carbons (Fsp3) is 0.0204. The van der Waals surface area contributed by atoms with Crippen LogP contribution in [0.3, 0.4) is 0 Å². The Hall–Kier alpha value is -7.44. The Morgan fingerprint density at radius 2 is 0.527 bits per heavy atom. The van der Waals surface area contributed by atoms with Gasteiger partial charge in [-0.1, -0.05) is 84.9 Å². The Labute approximate surface area is 320 Å². The average Bonchev–Trinajstić information content (AvgIpc) is 3.27. The van der Waals surface area contributed by atoms with Gasteiger partial charge in [-0.2, -0.15) is 0 Å². The standard InChI is InChI=1S/C49H34N6/c1-33-26-38(34-14-18-36(19-15-34)40-29-46(42-10-2-6-22-50-42)54-47(30-40)43-11-3-7-23-51-43)28-39(27-33)35-16-20-37(21-17-35)41-31-48(44-12-4-8-24-52-44)55-49(32-41)45-13-5-9-25-53-45/h2-32H,1H3. The second-order valence-electron chi connectivity index (χ2n) is 13.4. The molecule has 0 spiro atoms. The van der Waals surface area contributed by atoms with Gasteiger partial charge < -0.3 is 0 Å². The first-order valence-corrected chi connectivity index (χ1v) is 18.2. The highest BCUT2D eigenvalue weighted by molar-refractivity contribution is 5.80. The zero-order chi connectivity index (χ0) is 37.0. The number of aromatic nitrogens is 6. The summed E-state index contributed by atoms with van der Waals surface area (Å²) in [6, 6.07) is 56.2. The van der Waals surface area contributed by atoms with Gasteiger partial charge in [-0.3, -0.25) is 19.9 Å². The van der Waals surface area contributed by atoms with Crippen LogP contribution in [0.15, 0.2) is 189 Å². The number of aryl methyl sites for hydroxylation is 1. The van der Waals surface area contributed by atoms with E-state index >= 15 is 0 Å². The SMILES string of the molecule is Cc1cc(-c2ccc(-c3cc(-c4ccccn4)nc(-c4ccccn4)c3)cc2)cc(-c2ccc(-c3cc(-c4ccccn4)nc(-c4ccccn4)c3)cc2)c1. The summed E-state index contributed by atoms with van der Waals surface area (Å²) in [4.78, 5) is 28.2. The maximum atomic E-state index is 4.94. The van der Waals surface area contributed by atoms with Crippen molar-refractivity contribution < 1.29 is 0 Å². The molecule has 0 amide bonds. The lowest BCUT2D eigenvalue weighted by molar-refractivity contribution is 1.22. The molecule has 0 radical (unpaired) electrons. The maximum Gasteiger partial charge on any atom is 0.0900 e. The van der Waals surface area contributed by atoms with Crippen LogP contribution in [0, 0.1) is 6.92 Å². The third kappa shape index (κ3) is 7.30. The maximum absolute atomic E-state index is 4.94. The Morgan fingerprint density at radius 1 is 0.255 bits per heavy atom. The summed E-state index contributed by atoms with van der Waals surface area (Å²) in [6.45, 7) is 2.15. The first-order chi connectivity index (χ1) is 27.1. The van der Waals surface area contributed by atoms with Crippen LogP contribution >= 0.6 is 0 Å². The molecule has 55 heavy (non-hydrogen) atoms. The quantitative estimate of drug-likeness (QED) is 0.157. The van der Waals surface area contributed by atoms with Crippen LogP contribution in [0.25, 0.3) is 90.1 Å². The minimum Gasteiger partial charge on any atom is -0.255 e. The van der Waals surface area contributed by atoms with E-state index in [-0.39, 0.29) is 0 Å². The molecule has 6 nitrogen and oxygen atoms in total. The molecular weight excluding hydrogens is 673 g/mol. The molecule has 0 aliphatic rings. The van der Waals surface area contributed by atoms with Crippen molar-refractivity contribution in [1.29, 1.82) is 0 Å². The molecule has 260 valence electrons. The predicted molar refractivity (Wildman–Crippen MR) is 221 cm³/mol. The summed E-state index contributed by atoms with van der Waals surface area (Å²) in [5.41, 5.74) is 16.7. The molecule has 9 aromatic rings. The molecule has 0 saturated heterocycles. The van der Waals surface area contributed by atoms with Crippen LogP contribution in [0.2, 0.25) is 0 Å². The van der Waals surface area contributed by atoms with E-state index in [1.54, 1.807) is 24.8 Å². The van der Waals surface area contributed by atoms with Crippen LogP contribution in [0.5, 0.6) is 0 Å². The normalized spacial score (nSPS) is 11.0. The van der Waals surface area contributed by atoms with E-state index in [0.29, 0.717) is 0 Å². The largest absolute Gasteiger partial charge is 0.255 e. The molecule has 3 aromatic carbocycles. The van der Waals surface area contributed by atoms with E-state index in [4.69, 9.17) is 9.97 Å². The molecule has 6 aromatic heterocycles. The number of hydrogen-bond acceptors (Lipinski definition) is 6. The van der Waals surface area contributed by atoms with Crippen molar-refractivity contribution in [2.75, 3.05) is 0 Å². The fourth-order valence-electron chi connectivity index (χ4n) is 6.80. The molecule has 0 atom stereocenters. The van der Waals surface area contributed by atoms with E-state index in [2.05, 4.69) is 118 Å². The van der Waals surface area contributed by atoms with Crippen molar-refractivity contribution in [1.82, 2.24) is 29.9 Å². The highest BCUT2D eigenvalue weighted by atomic mass is 14.8. The number of nitrogens with zero attached hydrogens (tertiary/aromatic N) is 6. The predicted octanol–water partition coefficient (Wildman–Crippen LogP) is 11.7. The number of hydrogen-bond donors (Lipinski definition) is 0. The topological polar surface area (TPSA) is 77.3 Å². The van der Waals surface area contributed by atoms with Gasteiger partial charge in [0.1, 0.15) is 0 Å². The summed E-state index contributed by atoms with van der Waals surface area (Å²) >= 11 is 0. The van der Waals surface area contributed by atoms with Crippen LogP contribution in [-0.2, 0) is 0 Å². The van der Waals surface area contributed by atoms with E-state index in [9.17, 15) is 0 Å². The van der Waals surface area contributed by atoms with Crippen LogP contribution in [0.1, 0.15) is 5.56 Å². The molecule has 0 aliphatic heterocycles. The van der Waals surface area contributed by atoms with Gasteiger partial charge >= 0.3 is 0 Å². The number of benzene rings is 3. The molecule has 0 aliphatic carbocycles. The third-order valence-corrected chi connectivity index (χ3v) is 9.54. The molecular formula is C49H34N6. The Morgan fingerprint density at radius 3 is 0.782 bits per heavy atom. The number of rotatable bonds is 8. The van der Waals surface area contributed by atoms with E-state index in [1.165, 1.54) is 5.56 Å². The lowest BCUT2D eigenvalue weighted by Gasteiger charge is -2.12. The van der Waals surface area contributed by atoms with Crippen molar-refractivity contribution in [3.05, 3.63) is 194 Å². The Balaban J connectivity index is 1.02. The Kier molecular flexibility index (Phi) is 9.04. The van der Waals surface area contributed by atoms with Crippen LogP contribution < -0.4 is 0 Å². The van der Waals surface area contributed by atoms with E-state index in [1.807, 2.05) is 72.8 Å². The van der Waals surface area contributed by atoms with Gasteiger partial charge in [0, 0.05) is 24.8 Å². The minimum absolute atomic E-state index is 0.809. The highest BCUT2D eigenvalue weighted by Gasteiger charge is 2.13. The molecule has 0 N–H and O–H groups in total. The summed E-state index contributed by atoms with van der Waals surface area (Å²) < 4.78 is 0. The first kappa shape index (κ1) is 33.4. The zero-order valence-electron chi connectivity index (χ0n) is 30.1. The third-order valence-electron chi connectivity index (χ3n) is 9.54. The van der Waals surface area contributed by atoms with Crippen molar-refractivity contribution >= 4 is 0 Å². The highest BCUT2D eigenvalue weighted by Crippen LogP contribution is 2.34. The molecule has 0 unspecified atom stereocenters. The van der Waals surface area contributed by atoms with Gasteiger partial charge in [-0.05, 0) is 136 Å². The van der Waals surface area contributed by atoms with Gasteiger partial charge in [0.25, 0.3) is 0 Å². The van der Waals surface area contributed by atoms with Gasteiger partial charge in [0.05, 0.1) is 45.6 Å². The van der Waals surface area contributed by atoms with Gasteiger partial charge in [0.15, 0.2) is 0 Å². The monoisotopic (exact) mass is 706 g/mol. The molecule has 6 heteroatoms. The fourth-order valence-corrected chi connectivity index (χ4v) is 6.80. The van der Waals surface area contributed by atoms with Gasteiger partial charge in [0.2, 0.25) is 0 Å². The van der Waals surface area contributed by atoms with Crippen molar-refractivity contribution in [2.24, 2.45) is 0 Å². The molecule has 0 fully saturated rings. The molecule has 6 heterocycles. The molecule has 9 rings (SSSR count). The summed E-state index contributed by atoms with van der Waals surface area (Å²) in [5.74, 6) is 0.